The number of hydrogen-bond donors (Lipinski definition) is 2. The van der Waals surface area contributed by atoms with Crippen molar-refractivity contribution in [1.82, 2.24) is 5.32 Å². The summed E-state index contributed by atoms with van der Waals surface area (Å²) in [6.45, 7) is 6.08. The molecule has 0 spiro atoms. The molecule has 3 N–H and O–H groups in total. The number of rotatable bonds is 7. The van der Waals surface area contributed by atoms with E-state index in [2.05, 4.69) is 12.2 Å². The summed E-state index contributed by atoms with van der Waals surface area (Å²) in [4.78, 5) is 11.4. The Bertz CT molecular complexity index is 164. The second-order valence-electron chi connectivity index (χ2n) is 3.41. The summed E-state index contributed by atoms with van der Waals surface area (Å²) in [6, 6.07) is -0.115. The molecule has 0 aliphatic heterocycles. The Labute approximate surface area is 91.2 Å². The molecule has 0 aliphatic rings. The molecule has 14 heavy (non-hydrogen) atoms. The highest BCUT2D eigenvalue weighted by molar-refractivity contribution is 7.99. The van der Waals surface area contributed by atoms with Crippen molar-refractivity contribution in [2.24, 2.45) is 5.73 Å². The van der Waals surface area contributed by atoms with Gasteiger partial charge in [-0.1, -0.05) is 13.8 Å². The first kappa shape index (κ1) is 13.8. The molecule has 0 fully saturated rings. The van der Waals surface area contributed by atoms with Crippen molar-refractivity contribution in [3.8, 4) is 0 Å². The summed E-state index contributed by atoms with van der Waals surface area (Å²) in [5.74, 6) is 2.20. The van der Waals surface area contributed by atoms with Crippen LogP contribution in [0, 0.1) is 0 Å². The smallest absolute Gasteiger partial charge is 0.237 e. The lowest BCUT2D eigenvalue weighted by Gasteiger charge is -2.16. The van der Waals surface area contributed by atoms with Crippen LogP contribution in [0.5, 0.6) is 0 Å². The van der Waals surface area contributed by atoms with E-state index in [1.54, 1.807) is 0 Å². The minimum absolute atomic E-state index is 0.0264. The van der Waals surface area contributed by atoms with Gasteiger partial charge in [0.05, 0.1) is 6.04 Å². The molecule has 0 saturated carbocycles. The summed E-state index contributed by atoms with van der Waals surface area (Å²) in [5, 5.41) is 2.91. The maximum absolute atomic E-state index is 11.4. The molecule has 0 bridgehead atoms. The van der Waals surface area contributed by atoms with Crippen LogP contribution in [0.15, 0.2) is 0 Å². The molecule has 0 heterocycles. The van der Waals surface area contributed by atoms with Crippen molar-refractivity contribution < 1.29 is 4.79 Å². The van der Waals surface area contributed by atoms with E-state index in [0.29, 0.717) is 6.42 Å². The maximum atomic E-state index is 11.4. The molecule has 0 radical (unpaired) electrons. The van der Waals surface area contributed by atoms with Crippen molar-refractivity contribution in [3.63, 3.8) is 0 Å². The Morgan fingerprint density at radius 3 is 2.64 bits per heavy atom. The summed E-state index contributed by atoms with van der Waals surface area (Å²) in [5.41, 5.74) is 5.60. The molecule has 1 amide bonds. The minimum Gasteiger partial charge on any atom is -0.352 e. The zero-order valence-corrected chi connectivity index (χ0v) is 10.2. The van der Waals surface area contributed by atoms with Crippen LogP contribution in [-0.2, 0) is 4.79 Å². The second kappa shape index (κ2) is 8.12. The van der Waals surface area contributed by atoms with E-state index in [1.807, 2.05) is 25.6 Å². The van der Waals surface area contributed by atoms with Gasteiger partial charge in [0.15, 0.2) is 0 Å². The minimum atomic E-state index is -0.351. The van der Waals surface area contributed by atoms with Gasteiger partial charge in [-0.2, -0.15) is 11.8 Å². The molecule has 4 heteroatoms. The quantitative estimate of drug-likeness (QED) is 0.635. The van der Waals surface area contributed by atoms with E-state index < -0.39 is 0 Å². The highest BCUT2D eigenvalue weighted by atomic mass is 32.2. The fourth-order valence-electron chi connectivity index (χ4n) is 1.01. The molecule has 0 aromatic heterocycles. The van der Waals surface area contributed by atoms with Crippen LogP contribution in [0.25, 0.3) is 0 Å². The predicted molar refractivity (Wildman–Crippen MR) is 63.5 cm³/mol. The molecule has 0 saturated heterocycles. The zero-order chi connectivity index (χ0) is 11.0. The lowest BCUT2D eigenvalue weighted by Crippen LogP contribution is -2.44. The molecule has 0 rings (SSSR count). The monoisotopic (exact) mass is 218 g/mol. The van der Waals surface area contributed by atoms with Gasteiger partial charge in [-0.3, -0.25) is 4.79 Å². The number of hydrogen-bond acceptors (Lipinski definition) is 3. The molecular weight excluding hydrogens is 196 g/mol. The standard InChI is InChI=1S/C10H22N2OS/c1-4-9(11)10(13)12-8(3)6-7-14-5-2/h8-9H,4-7,11H2,1-3H3,(H,12,13)/t8?,9-/m0/s1. The average molecular weight is 218 g/mol. The molecule has 2 atom stereocenters. The number of nitrogens with one attached hydrogen (secondary N) is 1. The van der Waals surface area contributed by atoms with Gasteiger partial charge in [0.25, 0.3) is 0 Å². The normalized spacial score (nSPS) is 14.9. The van der Waals surface area contributed by atoms with Gasteiger partial charge in [0.2, 0.25) is 5.91 Å². The molecule has 84 valence electrons. The van der Waals surface area contributed by atoms with Crippen LogP contribution < -0.4 is 11.1 Å². The SMILES string of the molecule is CCSCCC(C)NC(=O)[C@@H](N)CC. The molecule has 0 aliphatic carbocycles. The Morgan fingerprint density at radius 1 is 1.50 bits per heavy atom. The van der Waals surface area contributed by atoms with E-state index in [-0.39, 0.29) is 18.0 Å². The molecular formula is C10H22N2OS. The van der Waals surface area contributed by atoms with Gasteiger partial charge in [-0.05, 0) is 31.3 Å². The number of carbonyl (C=O) groups is 1. The van der Waals surface area contributed by atoms with Crippen LogP contribution in [0.3, 0.4) is 0 Å². The van der Waals surface area contributed by atoms with E-state index in [1.165, 1.54) is 0 Å². The number of thioether (sulfide) groups is 1. The van der Waals surface area contributed by atoms with E-state index in [9.17, 15) is 4.79 Å². The van der Waals surface area contributed by atoms with Crippen molar-refractivity contribution in [2.75, 3.05) is 11.5 Å². The van der Waals surface area contributed by atoms with Crippen molar-refractivity contribution in [1.29, 1.82) is 0 Å². The third kappa shape index (κ3) is 6.27. The Morgan fingerprint density at radius 2 is 2.14 bits per heavy atom. The average Bonchev–Trinajstić information content (AvgIpc) is 2.16. The number of amides is 1. The van der Waals surface area contributed by atoms with Gasteiger partial charge < -0.3 is 11.1 Å². The maximum Gasteiger partial charge on any atom is 0.237 e. The van der Waals surface area contributed by atoms with Crippen LogP contribution in [0.2, 0.25) is 0 Å². The second-order valence-corrected chi connectivity index (χ2v) is 4.80. The zero-order valence-electron chi connectivity index (χ0n) is 9.38. The van der Waals surface area contributed by atoms with Gasteiger partial charge >= 0.3 is 0 Å². The predicted octanol–water partition coefficient (Wildman–Crippen LogP) is 1.37. The van der Waals surface area contributed by atoms with Gasteiger partial charge in [-0.25, -0.2) is 0 Å². The molecule has 0 aromatic rings. The lowest BCUT2D eigenvalue weighted by atomic mass is 10.2. The summed E-state index contributed by atoms with van der Waals surface area (Å²) < 4.78 is 0. The third-order valence-corrected chi connectivity index (χ3v) is 3.00. The molecule has 3 nitrogen and oxygen atoms in total. The van der Waals surface area contributed by atoms with Gasteiger partial charge in [0.1, 0.15) is 0 Å². The number of carbonyl (C=O) groups excluding carboxylic acids is 1. The van der Waals surface area contributed by atoms with Crippen LogP contribution in [0.1, 0.15) is 33.6 Å². The fourth-order valence-corrected chi connectivity index (χ4v) is 1.82. The van der Waals surface area contributed by atoms with Gasteiger partial charge in [-0.15, -0.1) is 0 Å². The first-order chi connectivity index (χ1) is 6.61. The lowest BCUT2D eigenvalue weighted by molar-refractivity contribution is -0.123. The highest BCUT2D eigenvalue weighted by Gasteiger charge is 2.12. The topological polar surface area (TPSA) is 55.1 Å². The van der Waals surface area contributed by atoms with Crippen LogP contribution in [0.4, 0.5) is 0 Å². The highest BCUT2D eigenvalue weighted by Crippen LogP contribution is 2.03. The Balaban J connectivity index is 3.60. The van der Waals surface area contributed by atoms with Crippen LogP contribution in [-0.4, -0.2) is 29.5 Å². The summed E-state index contributed by atoms with van der Waals surface area (Å²) >= 11 is 1.90. The van der Waals surface area contributed by atoms with E-state index in [0.717, 1.165) is 17.9 Å². The van der Waals surface area contributed by atoms with E-state index in [4.69, 9.17) is 5.73 Å². The van der Waals surface area contributed by atoms with Crippen molar-refractivity contribution in [2.45, 2.75) is 45.7 Å². The largest absolute Gasteiger partial charge is 0.352 e. The fraction of sp³-hybridized carbons (Fsp3) is 0.900. The van der Waals surface area contributed by atoms with Crippen molar-refractivity contribution >= 4 is 17.7 Å². The van der Waals surface area contributed by atoms with Crippen LogP contribution >= 0.6 is 11.8 Å². The Hall–Kier alpha value is -0.220. The first-order valence-corrected chi connectivity index (χ1v) is 6.40. The summed E-state index contributed by atoms with van der Waals surface area (Å²) in [7, 11) is 0. The first-order valence-electron chi connectivity index (χ1n) is 5.25. The van der Waals surface area contributed by atoms with Crippen molar-refractivity contribution in [3.05, 3.63) is 0 Å². The summed E-state index contributed by atoms with van der Waals surface area (Å²) in [6.07, 6.45) is 1.71. The third-order valence-electron chi connectivity index (χ3n) is 2.06. The Kier molecular flexibility index (Phi) is 7.99. The number of nitrogens with two attached hydrogens (primary N) is 1. The van der Waals surface area contributed by atoms with E-state index >= 15 is 0 Å². The molecule has 1 unspecified atom stereocenters. The molecule has 0 aromatic carbocycles. The van der Waals surface area contributed by atoms with Gasteiger partial charge in [0, 0.05) is 6.04 Å².